The highest BCUT2D eigenvalue weighted by molar-refractivity contribution is 6.02. The molecule has 0 bridgehead atoms. The summed E-state index contributed by atoms with van der Waals surface area (Å²) in [6.07, 6.45) is 4.53. The van der Waals surface area contributed by atoms with Crippen molar-refractivity contribution in [2.75, 3.05) is 19.5 Å². The summed E-state index contributed by atoms with van der Waals surface area (Å²) in [6.45, 7) is 0. The molecule has 0 radical (unpaired) electrons. The Morgan fingerprint density at radius 2 is 2.10 bits per heavy atom. The molecule has 1 heterocycles. The van der Waals surface area contributed by atoms with Gasteiger partial charge >= 0.3 is 0 Å². The van der Waals surface area contributed by atoms with Gasteiger partial charge in [-0.05, 0) is 30.3 Å². The van der Waals surface area contributed by atoms with Crippen molar-refractivity contribution >= 4 is 17.7 Å². The molecule has 1 N–H and O–H groups in total. The second-order valence-corrected chi connectivity index (χ2v) is 3.90. The second kappa shape index (κ2) is 6.47. The number of carbonyl (C=O) groups is 1. The number of hydrogen-bond donors (Lipinski definition) is 1. The molecule has 0 aliphatic carbocycles. The van der Waals surface area contributed by atoms with Crippen molar-refractivity contribution in [3.63, 3.8) is 0 Å². The molecule has 1 aromatic carbocycles. The molecule has 0 atom stereocenters. The van der Waals surface area contributed by atoms with Gasteiger partial charge in [0.2, 0.25) is 5.91 Å². The van der Waals surface area contributed by atoms with E-state index < -0.39 is 0 Å². The van der Waals surface area contributed by atoms with Crippen LogP contribution in [0.2, 0.25) is 0 Å². The Labute approximate surface area is 116 Å². The van der Waals surface area contributed by atoms with Crippen molar-refractivity contribution in [1.82, 2.24) is 0 Å². The van der Waals surface area contributed by atoms with Gasteiger partial charge in [-0.2, -0.15) is 0 Å². The normalized spacial score (nSPS) is 10.5. The standard InChI is InChI=1S/C15H15NO4/c1-18-12-5-7-13(14(10-12)19-2)16-15(17)8-6-11-4-3-9-20-11/h3-10H,1-2H3,(H,16,17). The van der Waals surface area contributed by atoms with E-state index in [4.69, 9.17) is 13.9 Å². The highest BCUT2D eigenvalue weighted by Gasteiger charge is 2.07. The first-order valence-electron chi connectivity index (χ1n) is 5.97. The van der Waals surface area contributed by atoms with E-state index in [0.29, 0.717) is 22.9 Å². The van der Waals surface area contributed by atoms with Gasteiger partial charge in [0.15, 0.2) is 0 Å². The molecule has 2 aromatic rings. The molecule has 5 heteroatoms. The zero-order valence-corrected chi connectivity index (χ0v) is 11.3. The second-order valence-electron chi connectivity index (χ2n) is 3.90. The fourth-order valence-electron chi connectivity index (χ4n) is 1.62. The van der Waals surface area contributed by atoms with Gasteiger partial charge < -0.3 is 19.2 Å². The predicted molar refractivity (Wildman–Crippen MR) is 75.9 cm³/mol. The van der Waals surface area contributed by atoms with Crippen LogP contribution in [0.5, 0.6) is 11.5 Å². The topological polar surface area (TPSA) is 60.7 Å². The number of benzene rings is 1. The van der Waals surface area contributed by atoms with Crippen LogP contribution in [0.4, 0.5) is 5.69 Å². The minimum atomic E-state index is -0.273. The number of rotatable bonds is 5. The maximum Gasteiger partial charge on any atom is 0.248 e. The van der Waals surface area contributed by atoms with Gasteiger partial charge in [-0.25, -0.2) is 0 Å². The van der Waals surface area contributed by atoms with Gasteiger partial charge in [-0.15, -0.1) is 0 Å². The molecule has 0 saturated heterocycles. The molecular weight excluding hydrogens is 258 g/mol. The van der Waals surface area contributed by atoms with Crippen LogP contribution >= 0.6 is 0 Å². The number of methoxy groups -OCH3 is 2. The largest absolute Gasteiger partial charge is 0.497 e. The van der Waals surface area contributed by atoms with Crippen LogP contribution in [0.15, 0.2) is 47.1 Å². The Kier molecular flexibility index (Phi) is 4.44. The van der Waals surface area contributed by atoms with Crippen LogP contribution < -0.4 is 14.8 Å². The van der Waals surface area contributed by atoms with Gasteiger partial charge in [0.1, 0.15) is 17.3 Å². The first kappa shape index (κ1) is 13.7. The van der Waals surface area contributed by atoms with E-state index in [1.165, 1.54) is 13.2 Å². The lowest BCUT2D eigenvalue weighted by atomic mass is 10.2. The number of amides is 1. The van der Waals surface area contributed by atoms with Gasteiger partial charge in [-0.3, -0.25) is 4.79 Å². The van der Waals surface area contributed by atoms with Crippen molar-refractivity contribution in [3.05, 3.63) is 48.4 Å². The van der Waals surface area contributed by atoms with Crippen LogP contribution in [0.3, 0.4) is 0 Å². The molecule has 2 rings (SSSR count). The molecule has 0 spiro atoms. The molecular formula is C15H15NO4. The summed E-state index contributed by atoms with van der Waals surface area (Å²) in [4.78, 5) is 11.8. The molecule has 104 valence electrons. The molecule has 1 amide bonds. The molecule has 0 fully saturated rings. The van der Waals surface area contributed by atoms with Crippen LogP contribution in [0.25, 0.3) is 6.08 Å². The lowest BCUT2D eigenvalue weighted by molar-refractivity contribution is -0.111. The van der Waals surface area contributed by atoms with Crippen LogP contribution in [0.1, 0.15) is 5.76 Å². The summed E-state index contributed by atoms with van der Waals surface area (Å²) in [7, 11) is 3.10. The zero-order valence-electron chi connectivity index (χ0n) is 11.3. The van der Waals surface area contributed by atoms with Crippen LogP contribution in [0, 0.1) is 0 Å². The van der Waals surface area contributed by atoms with Crippen molar-refractivity contribution in [1.29, 1.82) is 0 Å². The highest BCUT2D eigenvalue weighted by Crippen LogP contribution is 2.28. The number of anilines is 1. The first-order chi connectivity index (χ1) is 9.72. The Balaban J connectivity index is 2.07. The molecule has 0 saturated carbocycles. The first-order valence-corrected chi connectivity index (χ1v) is 5.97. The molecule has 5 nitrogen and oxygen atoms in total. The number of nitrogens with one attached hydrogen (secondary N) is 1. The van der Waals surface area contributed by atoms with Crippen LogP contribution in [-0.4, -0.2) is 20.1 Å². The third kappa shape index (κ3) is 3.41. The Morgan fingerprint density at radius 1 is 1.25 bits per heavy atom. The fourth-order valence-corrected chi connectivity index (χ4v) is 1.62. The minimum absolute atomic E-state index is 0.273. The average Bonchev–Trinajstić information content (AvgIpc) is 2.99. The van der Waals surface area contributed by atoms with Gasteiger partial charge in [0.05, 0.1) is 26.2 Å². The summed E-state index contributed by atoms with van der Waals surface area (Å²) in [5.74, 6) is 1.53. The van der Waals surface area contributed by atoms with E-state index in [2.05, 4.69) is 5.32 Å². The summed E-state index contributed by atoms with van der Waals surface area (Å²) < 4.78 is 15.4. The maximum atomic E-state index is 11.8. The SMILES string of the molecule is COc1ccc(NC(=O)C=Cc2ccco2)c(OC)c1. The lowest BCUT2D eigenvalue weighted by Crippen LogP contribution is -2.08. The van der Waals surface area contributed by atoms with Gasteiger partial charge in [-0.1, -0.05) is 0 Å². The summed E-state index contributed by atoms with van der Waals surface area (Å²) >= 11 is 0. The van der Waals surface area contributed by atoms with E-state index in [1.54, 1.807) is 49.8 Å². The quantitative estimate of drug-likeness (QED) is 0.851. The summed E-state index contributed by atoms with van der Waals surface area (Å²) in [5, 5.41) is 2.73. The highest BCUT2D eigenvalue weighted by atomic mass is 16.5. The predicted octanol–water partition coefficient (Wildman–Crippen LogP) is 2.95. The number of carbonyl (C=O) groups excluding carboxylic acids is 1. The fraction of sp³-hybridized carbons (Fsp3) is 0.133. The number of ether oxygens (including phenoxy) is 2. The smallest absolute Gasteiger partial charge is 0.248 e. The summed E-state index contributed by atoms with van der Waals surface area (Å²) in [6, 6.07) is 8.68. The Morgan fingerprint density at radius 3 is 2.75 bits per heavy atom. The van der Waals surface area contributed by atoms with E-state index >= 15 is 0 Å². The molecule has 0 aliphatic heterocycles. The van der Waals surface area contributed by atoms with Crippen molar-refractivity contribution < 1.29 is 18.7 Å². The zero-order chi connectivity index (χ0) is 14.4. The lowest BCUT2D eigenvalue weighted by Gasteiger charge is -2.10. The molecule has 0 aliphatic rings. The molecule has 20 heavy (non-hydrogen) atoms. The van der Waals surface area contributed by atoms with E-state index in [-0.39, 0.29) is 5.91 Å². The van der Waals surface area contributed by atoms with Crippen molar-refractivity contribution in [3.8, 4) is 11.5 Å². The van der Waals surface area contributed by atoms with Crippen LogP contribution in [-0.2, 0) is 4.79 Å². The van der Waals surface area contributed by atoms with E-state index in [9.17, 15) is 4.79 Å². The van der Waals surface area contributed by atoms with Gasteiger partial charge in [0, 0.05) is 12.1 Å². The maximum absolute atomic E-state index is 11.8. The van der Waals surface area contributed by atoms with E-state index in [1.807, 2.05) is 0 Å². The summed E-state index contributed by atoms with van der Waals surface area (Å²) in [5.41, 5.74) is 0.572. The molecule has 0 unspecified atom stereocenters. The Hall–Kier alpha value is -2.69. The average molecular weight is 273 g/mol. The third-order valence-electron chi connectivity index (χ3n) is 2.61. The van der Waals surface area contributed by atoms with Gasteiger partial charge in [0.25, 0.3) is 0 Å². The van der Waals surface area contributed by atoms with E-state index in [0.717, 1.165) is 0 Å². The number of hydrogen-bond acceptors (Lipinski definition) is 4. The monoisotopic (exact) mass is 273 g/mol. The van der Waals surface area contributed by atoms with Crippen molar-refractivity contribution in [2.45, 2.75) is 0 Å². The number of furan rings is 1. The Bertz CT molecular complexity index is 602. The molecule has 1 aromatic heterocycles. The third-order valence-corrected chi connectivity index (χ3v) is 2.61. The minimum Gasteiger partial charge on any atom is -0.497 e. The van der Waals surface area contributed by atoms with Crippen molar-refractivity contribution in [2.24, 2.45) is 0 Å².